The maximum absolute atomic E-state index is 12.6. The summed E-state index contributed by atoms with van der Waals surface area (Å²) in [5, 5.41) is 7.26. The number of benzene rings is 2. The van der Waals surface area contributed by atoms with E-state index in [1.54, 1.807) is 6.20 Å². The van der Waals surface area contributed by atoms with Gasteiger partial charge in [0.1, 0.15) is 0 Å². The number of carbonyl (C=O) groups excluding carboxylic acids is 1. The number of hydrogen-bond donors (Lipinski definition) is 1. The van der Waals surface area contributed by atoms with Gasteiger partial charge in [0, 0.05) is 37.1 Å². The lowest BCUT2D eigenvalue weighted by Gasteiger charge is -2.18. The monoisotopic (exact) mass is 346 g/mol. The van der Waals surface area contributed by atoms with Crippen molar-refractivity contribution in [1.82, 2.24) is 14.7 Å². The fraction of sp³-hybridized carbons (Fsp3) is 0.238. The molecule has 2 amide bonds. The predicted molar refractivity (Wildman–Crippen MR) is 102 cm³/mol. The molecule has 2 aromatic carbocycles. The Morgan fingerprint density at radius 3 is 2.81 bits per heavy atom. The van der Waals surface area contributed by atoms with E-state index < -0.39 is 0 Å². The van der Waals surface area contributed by atoms with Crippen LogP contribution in [0, 0.1) is 0 Å². The normalized spacial score (nSPS) is 16.6. The summed E-state index contributed by atoms with van der Waals surface area (Å²) in [5.41, 5.74) is 3.24. The highest BCUT2D eigenvalue weighted by molar-refractivity contribution is 5.89. The van der Waals surface area contributed by atoms with E-state index in [-0.39, 0.29) is 6.03 Å². The summed E-state index contributed by atoms with van der Waals surface area (Å²) < 4.78 is 1.87. The van der Waals surface area contributed by atoms with Crippen molar-refractivity contribution in [2.45, 2.75) is 18.9 Å². The Morgan fingerprint density at radius 2 is 2.00 bits per heavy atom. The van der Waals surface area contributed by atoms with Crippen LogP contribution in [0.3, 0.4) is 0 Å². The van der Waals surface area contributed by atoms with E-state index >= 15 is 0 Å². The second-order valence-electron chi connectivity index (χ2n) is 6.68. The molecule has 1 aliphatic heterocycles. The molecule has 26 heavy (non-hydrogen) atoms. The third-order valence-electron chi connectivity index (χ3n) is 4.83. The maximum atomic E-state index is 12.6. The molecule has 5 heteroatoms. The molecule has 0 unspecified atom stereocenters. The van der Waals surface area contributed by atoms with Crippen LogP contribution in [0.4, 0.5) is 10.5 Å². The van der Waals surface area contributed by atoms with Crippen molar-refractivity contribution in [3.63, 3.8) is 0 Å². The second-order valence-corrected chi connectivity index (χ2v) is 6.68. The van der Waals surface area contributed by atoms with Crippen molar-refractivity contribution in [3.8, 4) is 0 Å². The summed E-state index contributed by atoms with van der Waals surface area (Å²) in [6.07, 6.45) is 4.71. The summed E-state index contributed by atoms with van der Waals surface area (Å²) in [6, 6.07) is 20.2. The van der Waals surface area contributed by atoms with Crippen LogP contribution in [0.1, 0.15) is 23.5 Å². The predicted octanol–water partition coefficient (Wildman–Crippen LogP) is 3.95. The molecule has 1 atom stereocenters. The SMILES string of the molecule is O=C(Nc1cccc(Cn2cccn2)c1)N1CC[C@H](c2ccccc2)C1. The molecule has 1 N–H and O–H groups in total. The fourth-order valence-corrected chi connectivity index (χ4v) is 3.47. The standard InChI is InChI=1S/C21H22N4O/c26-21(24-13-10-19(16-24)18-7-2-1-3-8-18)23-20-9-4-6-17(14-20)15-25-12-5-11-22-25/h1-9,11-12,14,19H,10,13,15-16H2,(H,23,26)/t19-/m0/s1. The lowest BCUT2D eigenvalue weighted by atomic mass is 9.99. The number of nitrogens with zero attached hydrogens (tertiary/aromatic N) is 3. The summed E-state index contributed by atoms with van der Waals surface area (Å²) in [5.74, 6) is 0.424. The molecule has 0 aliphatic carbocycles. The molecule has 5 nitrogen and oxygen atoms in total. The van der Waals surface area contributed by atoms with Crippen LogP contribution in [0.15, 0.2) is 73.1 Å². The molecule has 1 aromatic heterocycles. The third kappa shape index (κ3) is 3.77. The van der Waals surface area contributed by atoms with Crippen LogP contribution < -0.4 is 5.32 Å². The molecule has 1 saturated heterocycles. The van der Waals surface area contributed by atoms with Gasteiger partial charge in [-0.15, -0.1) is 0 Å². The van der Waals surface area contributed by atoms with Gasteiger partial charge in [0.25, 0.3) is 0 Å². The zero-order valence-corrected chi connectivity index (χ0v) is 14.6. The van der Waals surface area contributed by atoms with Gasteiger partial charge in [-0.1, -0.05) is 42.5 Å². The summed E-state index contributed by atoms with van der Waals surface area (Å²) in [7, 11) is 0. The Labute approximate surface area is 153 Å². The summed E-state index contributed by atoms with van der Waals surface area (Å²) in [6.45, 7) is 2.25. The highest BCUT2D eigenvalue weighted by atomic mass is 16.2. The van der Waals surface area contributed by atoms with Crippen LogP contribution in [-0.4, -0.2) is 33.8 Å². The first-order chi connectivity index (χ1) is 12.8. The van der Waals surface area contributed by atoms with E-state index in [1.165, 1.54) is 5.56 Å². The quantitative estimate of drug-likeness (QED) is 0.777. The zero-order chi connectivity index (χ0) is 17.8. The Bertz CT molecular complexity index is 861. The molecule has 3 aromatic rings. The van der Waals surface area contributed by atoms with Crippen LogP contribution in [-0.2, 0) is 6.54 Å². The first-order valence-electron chi connectivity index (χ1n) is 8.95. The van der Waals surface area contributed by atoms with E-state index in [0.717, 1.165) is 30.8 Å². The summed E-state index contributed by atoms with van der Waals surface area (Å²) in [4.78, 5) is 14.5. The van der Waals surface area contributed by atoms with Gasteiger partial charge in [-0.25, -0.2) is 4.79 Å². The maximum Gasteiger partial charge on any atom is 0.321 e. The molecule has 1 fully saturated rings. The smallest absolute Gasteiger partial charge is 0.321 e. The minimum Gasteiger partial charge on any atom is -0.324 e. The Kier molecular flexibility index (Phi) is 4.69. The molecule has 1 aliphatic rings. The lowest BCUT2D eigenvalue weighted by Crippen LogP contribution is -2.32. The van der Waals surface area contributed by atoms with Gasteiger partial charge in [-0.3, -0.25) is 4.68 Å². The zero-order valence-electron chi connectivity index (χ0n) is 14.6. The Hall–Kier alpha value is -3.08. The summed E-state index contributed by atoms with van der Waals surface area (Å²) >= 11 is 0. The number of carbonyl (C=O) groups is 1. The number of anilines is 1. The fourth-order valence-electron chi connectivity index (χ4n) is 3.47. The first kappa shape index (κ1) is 16.4. The molecule has 2 heterocycles. The molecule has 0 radical (unpaired) electrons. The highest BCUT2D eigenvalue weighted by Gasteiger charge is 2.27. The topological polar surface area (TPSA) is 50.2 Å². The molecule has 0 saturated carbocycles. The first-order valence-corrected chi connectivity index (χ1v) is 8.95. The largest absolute Gasteiger partial charge is 0.324 e. The number of hydrogen-bond acceptors (Lipinski definition) is 2. The number of nitrogens with one attached hydrogen (secondary N) is 1. The molecule has 4 rings (SSSR count). The van der Waals surface area contributed by atoms with Gasteiger partial charge in [0.15, 0.2) is 0 Å². The van der Waals surface area contributed by atoms with E-state index in [1.807, 2.05) is 52.2 Å². The second kappa shape index (κ2) is 7.44. The lowest BCUT2D eigenvalue weighted by molar-refractivity contribution is 0.222. The van der Waals surface area contributed by atoms with Crippen molar-refractivity contribution in [1.29, 1.82) is 0 Å². The van der Waals surface area contributed by atoms with E-state index in [4.69, 9.17) is 0 Å². The molecule has 132 valence electrons. The van der Waals surface area contributed by atoms with E-state index in [0.29, 0.717) is 12.5 Å². The number of aromatic nitrogens is 2. The molecule has 0 spiro atoms. The average molecular weight is 346 g/mol. The number of amides is 2. The van der Waals surface area contributed by atoms with Crippen molar-refractivity contribution in [2.75, 3.05) is 18.4 Å². The molecule has 0 bridgehead atoms. The van der Waals surface area contributed by atoms with Gasteiger partial charge in [-0.2, -0.15) is 5.10 Å². The number of rotatable bonds is 4. The third-order valence-corrected chi connectivity index (χ3v) is 4.83. The number of urea groups is 1. The van der Waals surface area contributed by atoms with Gasteiger partial charge in [-0.05, 0) is 35.7 Å². The van der Waals surface area contributed by atoms with Crippen molar-refractivity contribution in [2.24, 2.45) is 0 Å². The van der Waals surface area contributed by atoms with Crippen LogP contribution in [0.2, 0.25) is 0 Å². The van der Waals surface area contributed by atoms with Crippen LogP contribution in [0.25, 0.3) is 0 Å². The minimum atomic E-state index is -0.0281. The molecular weight excluding hydrogens is 324 g/mol. The van der Waals surface area contributed by atoms with Gasteiger partial charge >= 0.3 is 6.03 Å². The van der Waals surface area contributed by atoms with Crippen molar-refractivity contribution < 1.29 is 4.79 Å². The molecular formula is C21H22N4O. The van der Waals surface area contributed by atoms with E-state index in [9.17, 15) is 4.79 Å². The average Bonchev–Trinajstić information content (AvgIpc) is 3.35. The minimum absolute atomic E-state index is 0.0281. The van der Waals surface area contributed by atoms with E-state index in [2.05, 4.69) is 34.7 Å². The Morgan fingerprint density at radius 1 is 1.12 bits per heavy atom. The van der Waals surface area contributed by atoms with Crippen molar-refractivity contribution in [3.05, 3.63) is 84.2 Å². The number of likely N-dealkylation sites (tertiary alicyclic amines) is 1. The highest BCUT2D eigenvalue weighted by Crippen LogP contribution is 2.27. The van der Waals surface area contributed by atoms with Crippen LogP contribution >= 0.6 is 0 Å². The van der Waals surface area contributed by atoms with Gasteiger partial charge in [0.2, 0.25) is 0 Å². The van der Waals surface area contributed by atoms with Gasteiger partial charge < -0.3 is 10.2 Å². The van der Waals surface area contributed by atoms with Crippen LogP contribution in [0.5, 0.6) is 0 Å². The Balaban J connectivity index is 1.38. The van der Waals surface area contributed by atoms with Gasteiger partial charge in [0.05, 0.1) is 6.54 Å². The van der Waals surface area contributed by atoms with Crippen molar-refractivity contribution >= 4 is 11.7 Å².